The topological polar surface area (TPSA) is 74.6 Å². The Hall–Kier alpha value is -3.22. The predicted octanol–water partition coefficient (Wildman–Crippen LogP) is 3.90. The molecule has 2 aromatic carbocycles. The molecule has 1 heterocycles. The molecule has 0 radical (unpaired) electrons. The molecule has 7 heteroatoms. The molecule has 3 rings (SSSR count). The summed E-state index contributed by atoms with van der Waals surface area (Å²) in [4.78, 5) is 17.1. The average molecular weight is 369 g/mol. The molecule has 0 unspecified atom stereocenters. The van der Waals surface area contributed by atoms with E-state index < -0.39 is 0 Å². The normalized spacial score (nSPS) is 10.9. The molecule has 0 bridgehead atoms. The number of rotatable bonds is 6. The second-order valence-electron chi connectivity index (χ2n) is 6.32. The van der Waals surface area contributed by atoms with Gasteiger partial charge in [0.15, 0.2) is 11.5 Å². The van der Waals surface area contributed by atoms with Crippen molar-refractivity contribution in [3.05, 3.63) is 42.2 Å². The first kappa shape index (κ1) is 18.6. The van der Waals surface area contributed by atoms with Gasteiger partial charge in [-0.15, -0.1) is 0 Å². The van der Waals surface area contributed by atoms with E-state index in [9.17, 15) is 4.79 Å². The maximum Gasteiger partial charge on any atom is 0.255 e. The lowest BCUT2D eigenvalue weighted by molar-refractivity contribution is 0.102. The summed E-state index contributed by atoms with van der Waals surface area (Å²) in [6, 6.07) is 9.20. The average Bonchev–Trinajstić information content (AvgIpc) is 3.10. The van der Waals surface area contributed by atoms with Gasteiger partial charge in [0.25, 0.3) is 5.91 Å². The second kappa shape index (κ2) is 7.57. The smallest absolute Gasteiger partial charge is 0.255 e. The van der Waals surface area contributed by atoms with Crippen LogP contribution in [0.5, 0.6) is 17.2 Å². The predicted molar refractivity (Wildman–Crippen MR) is 104 cm³/mol. The molecular formula is C20H23N3O4. The van der Waals surface area contributed by atoms with Crippen LogP contribution in [0.25, 0.3) is 11.0 Å². The third-order valence-corrected chi connectivity index (χ3v) is 4.32. The van der Waals surface area contributed by atoms with Crippen molar-refractivity contribution < 1.29 is 19.0 Å². The number of imidazole rings is 1. The van der Waals surface area contributed by atoms with Crippen LogP contribution in [0.3, 0.4) is 0 Å². The highest BCUT2D eigenvalue weighted by atomic mass is 16.5. The molecule has 0 atom stereocenters. The molecule has 1 N–H and O–H groups in total. The Bertz CT molecular complexity index is 954. The Morgan fingerprint density at radius 3 is 2.26 bits per heavy atom. The number of hydrogen-bond donors (Lipinski definition) is 1. The summed E-state index contributed by atoms with van der Waals surface area (Å²) in [5.41, 5.74) is 2.91. The number of carbonyl (C=O) groups excluding carboxylic acids is 1. The van der Waals surface area contributed by atoms with Crippen molar-refractivity contribution in [3.8, 4) is 17.2 Å². The molecule has 0 spiro atoms. The van der Waals surface area contributed by atoms with E-state index in [4.69, 9.17) is 14.2 Å². The van der Waals surface area contributed by atoms with Gasteiger partial charge >= 0.3 is 0 Å². The van der Waals surface area contributed by atoms with Gasteiger partial charge in [-0.05, 0) is 44.2 Å². The number of ether oxygens (including phenoxy) is 3. The van der Waals surface area contributed by atoms with Crippen LogP contribution in [0, 0.1) is 0 Å². The number of nitrogens with one attached hydrogen (secondary N) is 1. The third kappa shape index (κ3) is 3.53. The molecule has 142 valence electrons. The van der Waals surface area contributed by atoms with E-state index >= 15 is 0 Å². The molecule has 1 aromatic heterocycles. The monoisotopic (exact) mass is 369 g/mol. The zero-order valence-electron chi connectivity index (χ0n) is 16.1. The summed E-state index contributed by atoms with van der Waals surface area (Å²) in [6.07, 6.45) is 1.81. The maximum atomic E-state index is 12.7. The lowest BCUT2D eigenvalue weighted by Gasteiger charge is -2.14. The van der Waals surface area contributed by atoms with E-state index in [-0.39, 0.29) is 5.91 Å². The van der Waals surface area contributed by atoms with Crippen molar-refractivity contribution >= 4 is 22.6 Å². The number of amides is 1. The fraction of sp³-hybridized carbons (Fsp3) is 0.300. The highest BCUT2D eigenvalue weighted by Gasteiger charge is 2.17. The molecule has 27 heavy (non-hydrogen) atoms. The number of methoxy groups -OCH3 is 3. The van der Waals surface area contributed by atoms with Crippen LogP contribution in [0.4, 0.5) is 5.69 Å². The van der Waals surface area contributed by atoms with Gasteiger partial charge in [-0.2, -0.15) is 0 Å². The first-order valence-electron chi connectivity index (χ1n) is 8.56. The van der Waals surface area contributed by atoms with Gasteiger partial charge in [-0.1, -0.05) is 0 Å². The number of anilines is 1. The van der Waals surface area contributed by atoms with Crippen molar-refractivity contribution in [2.75, 3.05) is 26.6 Å². The number of nitrogens with zero attached hydrogens (tertiary/aromatic N) is 2. The van der Waals surface area contributed by atoms with Gasteiger partial charge in [-0.25, -0.2) is 4.98 Å². The molecule has 0 aliphatic rings. The van der Waals surface area contributed by atoms with E-state index in [1.165, 1.54) is 21.3 Å². The summed E-state index contributed by atoms with van der Waals surface area (Å²) in [5.74, 6) is 1.01. The summed E-state index contributed by atoms with van der Waals surface area (Å²) >= 11 is 0. The largest absolute Gasteiger partial charge is 0.493 e. The van der Waals surface area contributed by atoms with Gasteiger partial charge in [-0.3, -0.25) is 4.79 Å². The quantitative estimate of drug-likeness (QED) is 0.713. The van der Waals surface area contributed by atoms with Crippen LogP contribution in [-0.4, -0.2) is 36.8 Å². The first-order chi connectivity index (χ1) is 13.0. The number of aromatic nitrogens is 2. The van der Waals surface area contributed by atoms with E-state index in [0.29, 0.717) is 34.5 Å². The van der Waals surface area contributed by atoms with Crippen LogP contribution in [0.1, 0.15) is 30.2 Å². The molecule has 1 amide bonds. The zero-order chi connectivity index (χ0) is 19.6. The highest BCUT2D eigenvalue weighted by Crippen LogP contribution is 2.38. The summed E-state index contributed by atoms with van der Waals surface area (Å²) in [7, 11) is 4.54. The summed E-state index contributed by atoms with van der Waals surface area (Å²) in [5, 5.41) is 2.89. The van der Waals surface area contributed by atoms with Crippen molar-refractivity contribution in [2.24, 2.45) is 0 Å². The molecule has 7 nitrogen and oxygen atoms in total. The number of carbonyl (C=O) groups is 1. The summed E-state index contributed by atoms with van der Waals surface area (Å²) < 4.78 is 18.0. The first-order valence-corrected chi connectivity index (χ1v) is 8.56. The Labute approximate surface area is 157 Å². The van der Waals surface area contributed by atoms with E-state index in [1.807, 2.05) is 18.2 Å². The molecule has 0 saturated heterocycles. The highest BCUT2D eigenvalue weighted by molar-refractivity contribution is 6.05. The molecule has 3 aromatic rings. The van der Waals surface area contributed by atoms with Crippen molar-refractivity contribution in [3.63, 3.8) is 0 Å². The van der Waals surface area contributed by atoms with Crippen LogP contribution in [0.2, 0.25) is 0 Å². The standard InChI is InChI=1S/C20H23N3O4/c1-12(2)23-11-21-15-10-14(6-7-16(15)23)22-20(24)13-8-17(25-3)19(27-5)18(9-13)26-4/h6-12H,1-5H3,(H,22,24). The van der Waals surface area contributed by atoms with Crippen LogP contribution >= 0.6 is 0 Å². The molecule has 0 saturated carbocycles. The summed E-state index contributed by atoms with van der Waals surface area (Å²) in [6.45, 7) is 4.20. The van der Waals surface area contributed by atoms with Gasteiger partial charge < -0.3 is 24.1 Å². The molecule has 0 aliphatic carbocycles. The van der Waals surface area contributed by atoms with E-state index in [2.05, 4.69) is 28.7 Å². The Morgan fingerprint density at radius 2 is 1.70 bits per heavy atom. The van der Waals surface area contributed by atoms with Crippen molar-refractivity contribution in [1.29, 1.82) is 0 Å². The van der Waals surface area contributed by atoms with Crippen molar-refractivity contribution in [2.45, 2.75) is 19.9 Å². The van der Waals surface area contributed by atoms with Gasteiger partial charge in [0.1, 0.15) is 0 Å². The third-order valence-electron chi connectivity index (χ3n) is 4.32. The fourth-order valence-electron chi connectivity index (χ4n) is 2.94. The lowest BCUT2D eigenvalue weighted by Crippen LogP contribution is -2.12. The number of hydrogen-bond acceptors (Lipinski definition) is 5. The van der Waals surface area contributed by atoms with Gasteiger partial charge in [0, 0.05) is 17.3 Å². The maximum absolute atomic E-state index is 12.7. The van der Waals surface area contributed by atoms with Gasteiger partial charge in [0.05, 0.1) is 38.7 Å². The molecule has 0 fully saturated rings. The Morgan fingerprint density at radius 1 is 1.04 bits per heavy atom. The SMILES string of the molecule is COc1cc(C(=O)Nc2ccc3c(c2)ncn3C(C)C)cc(OC)c1OC. The fourth-order valence-corrected chi connectivity index (χ4v) is 2.94. The second-order valence-corrected chi connectivity index (χ2v) is 6.32. The molecule has 0 aliphatic heterocycles. The van der Waals surface area contributed by atoms with E-state index in [0.717, 1.165) is 11.0 Å². The Balaban J connectivity index is 1.90. The Kier molecular flexibility index (Phi) is 5.21. The van der Waals surface area contributed by atoms with Crippen LogP contribution < -0.4 is 19.5 Å². The minimum absolute atomic E-state index is 0.281. The van der Waals surface area contributed by atoms with Crippen LogP contribution in [-0.2, 0) is 0 Å². The number of benzene rings is 2. The van der Waals surface area contributed by atoms with E-state index in [1.54, 1.807) is 18.5 Å². The minimum atomic E-state index is -0.281. The minimum Gasteiger partial charge on any atom is -0.493 e. The van der Waals surface area contributed by atoms with Gasteiger partial charge in [0.2, 0.25) is 5.75 Å². The number of fused-ring (bicyclic) bond motifs is 1. The molecular weight excluding hydrogens is 346 g/mol. The lowest BCUT2D eigenvalue weighted by atomic mass is 10.1. The zero-order valence-corrected chi connectivity index (χ0v) is 16.1. The van der Waals surface area contributed by atoms with Crippen molar-refractivity contribution in [1.82, 2.24) is 9.55 Å². The van der Waals surface area contributed by atoms with Crippen LogP contribution in [0.15, 0.2) is 36.7 Å².